The summed E-state index contributed by atoms with van der Waals surface area (Å²) in [5, 5.41) is 53.3. The van der Waals surface area contributed by atoms with Crippen LogP contribution < -0.4 is 10.4 Å². The SMILES string of the molecule is CC(=O)N[C@H]1C(O)O[C@H](COS(=O)(=O)[O-])C(O[C@@H]2OC(C(=O)[O-])=C[C@H](O)[C@H]2O)[C@@H]1O. The van der Waals surface area contributed by atoms with Crippen molar-refractivity contribution in [2.75, 3.05) is 6.61 Å². The number of carboxylic acids is 1. The molecule has 1 fully saturated rings. The summed E-state index contributed by atoms with van der Waals surface area (Å²) in [4.78, 5) is 22.3. The molecular formula is C14H19NO14S-2. The number of hydrogen-bond acceptors (Lipinski definition) is 14. The van der Waals surface area contributed by atoms with Crippen LogP contribution in [0.15, 0.2) is 11.8 Å². The van der Waals surface area contributed by atoms with E-state index in [0.29, 0.717) is 6.08 Å². The smallest absolute Gasteiger partial charge is 0.229 e. The van der Waals surface area contributed by atoms with Crippen molar-refractivity contribution in [2.45, 2.75) is 56.1 Å². The molecule has 172 valence electrons. The number of hydrogen-bond donors (Lipinski definition) is 5. The fourth-order valence-corrected chi connectivity index (χ4v) is 3.11. The number of rotatable bonds is 7. The van der Waals surface area contributed by atoms with Crippen molar-refractivity contribution in [1.82, 2.24) is 5.32 Å². The molecule has 0 radical (unpaired) electrons. The monoisotopic (exact) mass is 457 g/mol. The van der Waals surface area contributed by atoms with Crippen LogP contribution >= 0.6 is 0 Å². The lowest BCUT2D eigenvalue weighted by Gasteiger charge is -2.44. The predicted octanol–water partition coefficient (Wildman–Crippen LogP) is -5.86. The molecule has 0 spiro atoms. The fraction of sp³-hybridized carbons (Fsp3) is 0.714. The van der Waals surface area contributed by atoms with E-state index in [0.717, 1.165) is 6.92 Å². The van der Waals surface area contributed by atoms with Crippen molar-refractivity contribution in [3.63, 3.8) is 0 Å². The van der Waals surface area contributed by atoms with Crippen molar-refractivity contribution < 1.29 is 66.5 Å². The number of amides is 1. The van der Waals surface area contributed by atoms with Crippen LogP contribution in [0.25, 0.3) is 0 Å². The van der Waals surface area contributed by atoms with Crippen molar-refractivity contribution >= 4 is 22.3 Å². The first-order chi connectivity index (χ1) is 13.8. The Balaban J connectivity index is 2.27. The van der Waals surface area contributed by atoms with Gasteiger partial charge in [-0.2, -0.15) is 0 Å². The highest BCUT2D eigenvalue weighted by Crippen LogP contribution is 2.28. The van der Waals surface area contributed by atoms with Gasteiger partial charge in [0, 0.05) is 6.92 Å². The molecule has 0 bridgehead atoms. The first-order valence-corrected chi connectivity index (χ1v) is 9.64. The molecule has 16 heteroatoms. The quantitative estimate of drug-likeness (QED) is 0.177. The number of carbonyl (C=O) groups is 2. The summed E-state index contributed by atoms with van der Waals surface area (Å²) in [6, 6.07) is -1.52. The maximum atomic E-state index is 11.3. The summed E-state index contributed by atoms with van der Waals surface area (Å²) in [5.74, 6) is -3.47. The van der Waals surface area contributed by atoms with Crippen molar-refractivity contribution in [2.24, 2.45) is 0 Å². The molecular weight excluding hydrogens is 438 g/mol. The van der Waals surface area contributed by atoms with Gasteiger partial charge in [-0.05, 0) is 6.08 Å². The molecule has 30 heavy (non-hydrogen) atoms. The predicted molar refractivity (Wildman–Crippen MR) is 85.0 cm³/mol. The molecule has 0 aliphatic carbocycles. The highest BCUT2D eigenvalue weighted by Gasteiger charge is 2.49. The van der Waals surface area contributed by atoms with E-state index in [1.54, 1.807) is 0 Å². The van der Waals surface area contributed by atoms with E-state index >= 15 is 0 Å². The largest absolute Gasteiger partial charge is 0.726 e. The number of aliphatic carboxylic acids is 1. The highest BCUT2D eigenvalue weighted by molar-refractivity contribution is 7.80. The van der Waals surface area contributed by atoms with Gasteiger partial charge in [-0.25, -0.2) is 8.42 Å². The molecule has 0 aromatic rings. The first kappa shape index (κ1) is 24.4. The average Bonchev–Trinajstić information content (AvgIpc) is 2.61. The summed E-state index contributed by atoms with van der Waals surface area (Å²) in [6.07, 6.45) is -12.2. The lowest BCUT2D eigenvalue weighted by molar-refractivity contribution is -0.321. The standard InChI is InChI=1S/C14H21NO14S/c1-4(16)15-8-10(19)11(7(27-13(8)22)3-26-30(23,24)25)29-14-9(18)5(17)2-6(28-14)12(20)21/h2,5,7-11,13-14,17-19,22H,3H2,1H3,(H,15,16)(H,20,21)(H,23,24,25)/p-2/t5-,7+,8+,9+,10+,11?,13?,14-/m0/s1. The summed E-state index contributed by atoms with van der Waals surface area (Å²) in [7, 11) is -5.22. The van der Waals surface area contributed by atoms with Crippen molar-refractivity contribution in [1.29, 1.82) is 0 Å². The third kappa shape index (κ3) is 6.06. The Morgan fingerprint density at radius 1 is 1.23 bits per heavy atom. The van der Waals surface area contributed by atoms with Gasteiger partial charge >= 0.3 is 0 Å². The van der Waals surface area contributed by atoms with Gasteiger partial charge in [-0.3, -0.25) is 8.98 Å². The maximum absolute atomic E-state index is 11.3. The van der Waals surface area contributed by atoms with Gasteiger partial charge in [-0.1, -0.05) is 0 Å². The van der Waals surface area contributed by atoms with Crippen LogP contribution in [-0.2, 0) is 38.4 Å². The van der Waals surface area contributed by atoms with E-state index in [-0.39, 0.29) is 0 Å². The normalized spacial score (nSPS) is 37.1. The van der Waals surface area contributed by atoms with E-state index in [9.17, 15) is 48.1 Å². The molecule has 1 saturated heterocycles. The molecule has 2 rings (SSSR count). The van der Waals surface area contributed by atoms with Gasteiger partial charge in [0.1, 0.15) is 48.3 Å². The Hall–Kier alpha value is -1.89. The third-order valence-electron chi connectivity index (χ3n) is 4.13. The van der Waals surface area contributed by atoms with Gasteiger partial charge < -0.3 is 54.4 Å². The zero-order chi connectivity index (χ0) is 22.8. The minimum atomic E-state index is -5.22. The summed E-state index contributed by atoms with van der Waals surface area (Å²) >= 11 is 0. The molecule has 8 atom stereocenters. The summed E-state index contributed by atoms with van der Waals surface area (Å²) < 4.78 is 51.4. The van der Waals surface area contributed by atoms with Gasteiger partial charge in [0.25, 0.3) is 0 Å². The van der Waals surface area contributed by atoms with Crippen LogP contribution in [0.2, 0.25) is 0 Å². The van der Waals surface area contributed by atoms with Crippen LogP contribution in [-0.4, -0.2) is 101 Å². The number of aliphatic hydroxyl groups excluding tert-OH is 4. The summed E-state index contributed by atoms with van der Waals surface area (Å²) in [5.41, 5.74) is 0. The lowest BCUT2D eigenvalue weighted by atomic mass is 9.96. The molecule has 0 aromatic heterocycles. The minimum absolute atomic E-state index is 0.627. The van der Waals surface area contributed by atoms with Gasteiger partial charge in [0.15, 0.2) is 6.29 Å². The maximum Gasteiger partial charge on any atom is 0.229 e. The molecule has 2 aliphatic rings. The van der Waals surface area contributed by atoms with E-state index < -0.39 is 83.8 Å². The molecule has 2 aliphatic heterocycles. The topological polar surface area (TPSA) is 244 Å². The van der Waals surface area contributed by atoms with Gasteiger partial charge in [0.2, 0.25) is 22.6 Å². The Kier molecular flexibility index (Phi) is 7.72. The van der Waals surface area contributed by atoms with E-state index in [4.69, 9.17) is 14.2 Å². The molecule has 15 nitrogen and oxygen atoms in total. The van der Waals surface area contributed by atoms with Crippen LogP contribution in [0, 0.1) is 0 Å². The second-order valence-corrected chi connectivity index (χ2v) is 7.41. The van der Waals surface area contributed by atoms with Crippen LogP contribution in [0.4, 0.5) is 0 Å². The Bertz CT molecular complexity index is 784. The second kappa shape index (κ2) is 9.50. The first-order valence-electron chi connectivity index (χ1n) is 8.30. The Labute approximate surface area is 169 Å². The minimum Gasteiger partial charge on any atom is -0.726 e. The number of carbonyl (C=O) groups excluding carboxylic acids is 2. The van der Waals surface area contributed by atoms with Crippen LogP contribution in [0.5, 0.6) is 0 Å². The fourth-order valence-electron chi connectivity index (χ4n) is 2.81. The second-order valence-electron chi connectivity index (χ2n) is 6.36. The molecule has 0 saturated carbocycles. The van der Waals surface area contributed by atoms with Crippen molar-refractivity contribution in [3.8, 4) is 0 Å². The van der Waals surface area contributed by atoms with E-state index in [1.807, 2.05) is 0 Å². The van der Waals surface area contributed by atoms with Gasteiger partial charge in [-0.15, -0.1) is 0 Å². The Morgan fingerprint density at radius 3 is 2.40 bits per heavy atom. The molecule has 2 unspecified atom stereocenters. The van der Waals surface area contributed by atoms with Crippen LogP contribution in [0.3, 0.4) is 0 Å². The number of carboxylic acid groups (broad SMARTS) is 1. The van der Waals surface area contributed by atoms with Crippen LogP contribution in [0.1, 0.15) is 6.92 Å². The average molecular weight is 457 g/mol. The number of nitrogens with one attached hydrogen (secondary N) is 1. The highest BCUT2D eigenvalue weighted by atomic mass is 32.3. The number of ether oxygens (including phenoxy) is 3. The lowest BCUT2D eigenvalue weighted by Crippen LogP contribution is -2.66. The third-order valence-corrected chi connectivity index (χ3v) is 4.55. The zero-order valence-electron chi connectivity index (χ0n) is 15.2. The zero-order valence-corrected chi connectivity index (χ0v) is 16.0. The van der Waals surface area contributed by atoms with E-state index in [2.05, 4.69) is 9.50 Å². The van der Waals surface area contributed by atoms with E-state index in [1.165, 1.54) is 0 Å². The molecule has 2 heterocycles. The van der Waals surface area contributed by atoms with Crippen molar-refractivity contribution in [3.05, 3.63) is 11.8 Å². The van der Waals surface area contributed by atoms with Gasteiger partial charge in [0.05, 0.1) is 6.61 Å². The summed E-state index contributed by atoms with van der Waals surface area (Å²) in [6.45, 7) is -0.0121. The number of aliphatic hydroxyl groups is 4. The Morgan fingerprint density at radius 2 is 1.87 bits per heavy atom. The molecule has 0 aromatic carbocycles. The molecule has 1 amide bonds. The molecule has 5 N–H and O–H groups in total.